The van der Waals surface area contributed by atoms with Crippen LogP contribution in [-0.2, 0) is 28.7 Å². The number of carbonyl (C=O) groups is 4. The van der Waals surface area contributed by atoms with E-state index in [4.69, 9.17) is 9.47 Å². The van der Waals surface area contributed by atoms with Crippen molar-refractivity contribution in [3.63, 3.8) is 0 Å². The average Bonchev–Trinajstić information content (AvgIpc) is 2.39. The van der Waals surface area contributed by atoms with E-state index in [0.29, 0.717) is 12.8 Å². The monoisotopic (exact) mass is 298 g/mol. The van der Waals surface area contributed by atoms with E-state index >= 15 is 0 Å². The minimum Gasteiger partial charge on any atom is -0.465 e. The van der Waals surface area contributed by atoms with Gasteiger partial charge in [-0.1, -0.05) is 0 Å². The van der Waals surface area contributed by atoms with E-state index in [2.05, 4.69) is 0 Å². The lowest BCUT2D eigenvalue weighted by atomic mass is 9.83. The first-order valence-electron chi connectivity index (χ1n) is 7.37. The van der Waals surface area contributed by atoms with Crippen LogP contribution in [0, 0.1) is 11.8 Å². The lowest BCUT2D eigenvalue weighted by Crippen LogP contribution is -2.36. The first kappa shape index (κ1) is 17.3. The molecule has 0 radical (unpaired) electrons. The molecule has 0 aromatic carbocycles. The molecule has 1 rings (SSSR count). The van der Waals surface area contributed by atoms with Gasteiger partial charge in [-0.25, -0.2) is 0 Å². The summed E-state index contributed by atoms with van der Waals surface area (Å²) in [7, 11) is 0. The fourth-order valence-electron chi connectivity index (χ4n) is 2.50. The van der Waals surface area contributed by atoms with E-state index in [0.717, 1.165) is 12.8 Å². The first-order chi connectivity index (χ1) is 9.99. The van der Waals surface area contributed by atoms with Gasteiger partial charge < -0.3 is 9.47 Å². The SMILES string of the molecule is CCOC(=O)C(C(=O)CC1CCCC(=O)C1)C(=O)OCC. The number of Topliss-reactive ketones (excluding diaryl/α,β-unsaturated/α-hetero) is 2. The second-order valence-electron chi connectivity index (χ2n) is 5.11. The van der Waals surface area contributed by atoms with Crippen molar-refractivity contribution < 1.29 is 28.7 Å². The molecule has 1 unspecified atom stereocenters. The van der Waals surface area contributed by atoms with Crippen molar-refractivity contribution in [2.24, 2.45) is 11.8 Å². The van der Waals surface area contributed by atoms with Crippen molar-refractivity contribution in [2.45, 2.75) is 46.0 Å². The summed E-state index contributed by atoms with van der Waals surface area (Å²) in [5.74, 6) is -3.76. The Morgan fingerprint density at radius 3 is 2.19 bits per heavy atom. The van der Waals surface area contributed by atoms with Crippen molar-refractivity contribution in [3.8, 4) is 0 Å². The summed E-state index contributed by atoms with van der Waals surface area (Å²) in [6.07, 6.45) is 2.43. The van der Waals surface area contributed by atoms with Gasteiger partial charge in [-0.3, -0.25) is 19.2 Å². The number of carbonyl (C=O) groups excluding carboxylic acids is 4. The molecule has 0 aromatic heterocycles. The molecule has 6 nitrogen and oxygen atoms in total. The molecule has 1 saturated carbocycles. The minimum atomic E-state index is -1.53. The summed E-state index contributed by atoms with van der Waals surface area (Å²) in [5.41, 5.74) is 0. The highest BCUT2D eigenvalue weighted by atomic mass is 16.6. The van der Waals surface area contributed by atoms with Gasteiger partial charge in [0.25, 0.3) is 0 Å². The smallest absolute Gasteiger partial charge is 0.328 e. The van der Waals surface area contributed by atoms with Crippen molar-refractivity contribution in [1.29, 1.82) is 0 Å². The summed E-state index contributed by atoms with van der Waals surface area (Å²) < 4.78 is 9.55. The minimum absolute atomic E-state index is 0.0357. The van der Waals surface area contributed by atoms with Gasteiger partial charge in [-0.05, 0) is 32.6 Å². The molecule has 0 spiro atoms. The summed E-state index contributed by atoms with van der Waals surface area (Å²) in [6.45, 7) is 3.38. The van der Waals surface area contributed by atoms with Crippen LogP contribution in [0.15, 0.2) is 0 Å². The Kier molecular flexibility index (Phi) is 7.05. The van der Waals surface area contributed by atoms with Crippen molar-refractivity contribution in [3.05, 3.63) is 0 Å². The predicted molar refractivity (Wildman–Crippen MR) is 73.3 cm³/mol. The van der Waals surface area contributed by atoms with Crippen LogP contribution in [0.2, 0.25) is 0 Å². The van der Waals surface area contributed by atoms with E-state index in [1.54, 1.807) is 13.8 Å². The highest BCUT2D eigenvalue weighted by molar-refractivity contribution is 6.15. The van der Waals surface area contributed by atoms with E-state index in [1.165, 1.54) is 0 Å². The van der Waals surface area contributed by atoms with E-state index < -0.39 is 23.6 Å². The van der Waals surface area contributed by atoms with Crippen LogP contribution < -0.4 is 0 Å². The van der Waals surface area contributed by atoms with E-state index in [9.17, 15) is 19.2 Å². The Labute approximate surface area is 124 Å². The summed E-state index contributed by atoms with van der Waals surface area (Å²) in [5, 5.41) is 0. The molecular weight excluding hydrogens is 276 g/mol. The topological polar surface area (TPSA) is 86.7 Å². The molecule has 0 bridgehead atoms. The molecule has 0 saturated heterocycles. The summed E-state index contributed by atoms with van der Waals surface area (Å²) >= 11 is 0. The predicted octanol–water partition coefficient (Wildman–Crippen LogP) is 1.45. The van der Waals surface area contributed by atoms with Crippen molar-refractivity contribution in [2.75, 3.05) is 13.2 Å². The van der Waals surface area contributed by atoms with Gasteiger partial charge in [0.1, 0.15) is 5.78 Å². The van der Waals surface area contributed by atoms with Gasteiger partial charge in [0.05, 0.1) is 13.2 Å². The molecule has 1 atom stereocenters. The van der Waals surface area contributed by atoms with Gasteiger partial charge >= 0.3 is 11.9 Å². The Morgan fingerprint density at radius 1 is 1.14 bits per heavy atom. The zero-order valence-corrected chi connectivity index (χ0v) is 12.6. The van der Waals surface area contributed by atoms with E-state index in [1.807, 2.05) is 0 Å². The average molecular weight is 298 g/mol. The molecule has 0 aromatic rings. The summed E-state index contributed by atoms with van der Waals surface area (Å²) in [6, 6.07) is 0. The van der Waals surface area contributed by atoms with Crippen LogP contribution in [0.1, 0.15) is 46.0 Å². The van der Waals surface area contributed by atoms with Gasteiger partial charge in [0.2, 0.25) is 5.92 Å². The fraction of sp³-hybridized carbons (Fsp3) is 0.733. The Balaban J connectivity index is 2.72. The number of esters is 2. The largest absolute Gasteiger partial charge is 0.465 e. The second-order valence-corrected chi connectivity index (χ2v) is 5.11. The highest BCUT2D eigenvalue weighted by Gasteiger charge is 2.38. The molecule has 21 heavy (non-hydrogen) atoms. The standard InChI is InChI=1S/C15H22O6/c1-3-20-14(18)13(15(19)21-4-2)12(17)9-10-6-5-7-11(16)8-10/h10,13H,3-9H2,1-2H3. The molecule has 0 N–H and O–H groups in total. The molecule has 0 heterocycles. The highest BCUT2D eigenvalue weighted by Crippen LogP contribution is 2.26. The Hall–Kier alpha value is -1.72. The molecule has 118 valence electrons. The van der Waals surface area contributed by atoms with Crippen molar-refractivity contribution >= 4 is 23.5 Å². The molecule has 1 aliphatic rings. The number of ketones is 2. The van der Waals surface area contributed by atoms with Gasteiger partial charge in [0, 0.05) is 19.3 Å². The van der Waals surface area contributed by atoms with Crippen molar-refractivity contribution in [1.82, 2.24) is 0 Å². The maximum absolute atomic E-state index is 12.2. The van der Waals surface area contributed by atoms with Gasteiger partial charge in [-0.15, -0.1) is 0 Å². The van der Waals surface area contributed by atoms with Crippen LogP contribution in [0.3, 0.4) is 0 Å². The van der Waals surface area contributed by atoms with Gasteiger partial charge in [-0.2, -0.15) is 0 Å². The normalized spacial score (nSPS) is 18.4. The van der Waals surface area contributed by atoms with Crippen LogP contribution in [0.25, 0.3) is 0 Å². The molecule has 1 aliphatic carbocycles. The maximum Gasteiger partial charge on any atom is 0.328 e. The van der Waals surface area contributed by atoms with Gasteiger partial charge in [0.15, 0.2) is 5.78 Å². The van der Waals surface area contributed by atoms with Crippen LogP contribution >= 0.6 is 0 Å². The van der Waals surface area contributed by atoms with Crippen LogP contribution in [0.4, 0.5) is 0 Å². The van der Waals surface area contributed by atoms with Crippen LogP contribution in [0.5, 0.6) is 0 Å². The second kappa shape index (κ2) is 8.54. The molecule has 6 heteroatoms. The van der Waals surface area contributed by atoms with Crippen LogP contribution in [-0.4, -0.2) is 36.7 Å². The lowest BCUT2D eigenvalue weighted by molar-refractivity contribution is -0.164. The third-order valence-electron chi connectivity index (χ3n) is 3.44. The number of rotatable bonds is 7. The first-order valence-corrected chi connectivity index (χ1v) is 7.37. The molecule has 0 amide bonds. The molecule has 0 aliphatic heterocycles. The Morgan fingerprint density at radius 2 is 1.71 bits per heavy atom. The quantitative estimate of drug-likeness (QED) is 0.522. The zero-order valence-electron chi connectivity index (χ0n) is 12.6. The zero-order chi connectivity index (χ0) is 15.8. The summed E-state index contributed by atoms with van der Waals surface area (Å²) in [4.78, 5) is 47.2. The lowest BCUT2D eigenvalue weighted by Gasteiger charge is -2.21. The fourth-order valence-corrected chi connectivity index (χ4v) is 2.50. The number of hydrogen-bond acceptors (Lipinski definition) is 6. The third kappa shape index (κ3) is 5.28. The number of hydrogen-bond donors (Lipinski definition) is 0. The molecular formula is C15H22O6. The third-order valence-corrected chi connectivity index (χ3v) is 3.44. The molecule has 1 fully saturated rings. The maximum atomic E-state index is 12.2. The van der Waals surface area contributed by atoms with E-state index in [-0.39, 0.29) is 31.3 Å². The Bertz CT molecular complexity index is 396. The number of ether oxygens (including phenoxy) is 2.